The van der Waals surface area contributed by atoms with E-state index in [0.29, 0.717) is 6.10 Å². The Morgan fingerprint density at radius 2 is 2.22 bits per heavy atom. The quantitative estimate of drug-likeness (QED) is 0.744. The molecule has 1 aromatic rings. The van der Waals surface area contributed by atoms with Crippen molar-refractivity contribution in [1.29, 1.82) is 0 Å². The smallest absolute Gasteiger partial charge is 0.0671 e. The Kier molecular flexibility index (Phi) is 3.79. The fourth-order valence-corrected chi connectivity index (χ4v) is 4.29. The minimum Gasteiger partial charge on any atom is -0.377 e. The molecule has 1 aromatic heterocycles. The lowest BCUT2D eigenvalue weighted by atomic mass is 9.76. The Morgan fingerprint density at radius 1 is 1.39 bits per heavy atom. The van der Waals surface area contributed by atoms with Crippen LogP contribution in [0.3, 0.4) is 0 Å². The molecule has 2 nitrogen and oxygen atoms in total. The summed E-state index contributed by atoms with van der Waals surface area (Å²) < 4.78 is 7.09. The van der Waals surface area contributed by atoms with Crippen LogP contribution in [0.5, 0.6) is 0 Å². The van der Waals surface area contributed by atoms with Crippen LogP contribution in [0.2, 0.25) is 0 Å². The predicted octanol–water partition coefficient (Wildman–Crippen LogP) is 3.97. The summed E-state index contributed by atoms with van der Waals surface area (Å²) in [6.07, 6.45) is 9.17. The lowest BCUT2D eigenvalue weighted by molar-refractivity contribution is 0.0413. The summed E-state index contributed by atoms with van der Waals surface area (Å²) in [5.41, 5.74) is 1.57. The Hall–Kier alpha value is 0.0700. The summed E-state index contributed by atoms with van der Waals surface area (Å²) >= 11 is 7.24. The highest BCUT2D eigenvalue weighted by molar-refractivity contribution is 9.10. The van der Waals surface area contributed by atoms with Crippen molar-refractivity contribution in [2.24, 2.45) is 11.3 Å². The van der Waals surface area contributed by atoms with Crippen LogP contribution in [-0.4, -0.2) is 23.0 Å². The van der Waals surface area contributed by atoms with E-state index in [-0.39, 0.29) is 5.41 Å². The van der Waals surface area contributed by atoms with E-state index < -0.39 is 0 Å². The topological polar surface area (TPSA) is 22.1 Å². The number of halogens is 2. The van der Waals surface area contributed by atoms with Gasteiger partial charge in [-0.3, -0.25) is 4.98 Å². The Balaban J connectivity index is 1.82. The van der Waals surface area contributed by atoms with Crippen LogP contribution in [0.4, 0.5) is 0 Å². The summed E-state index contributed by atoms with van der Waals surface area (Å²) in [4.78, 5) is 4.27. The van der Waals surface area contributed by atoms with Crippen molar-refractivity contribution >= 4 is 31.9 Å². The van der Waals surface area contributed by atoms with Gasteiger partial charge in [0.05, 0.1) is 6.10 Å². The first kappa shape index (κ1) is 13.1. The summed E-state index contributed by atoms with van der Waals surface area (Å²) in [7, 11) is 0. The molecule has 2 aliphatic rings. The van der Waals surface area contributed by atoms with Crippen LogP contribution < -0.4 is 0 Å². The first-order valence-corrected chi connectivity index (χ1v) is 8.42. The maximum absolute atomic E-state index is 6.02. The zero-order valence-corrected chi connectivity index (χ0v) is 13.4. The van der Waals surface area contributed by atoms with E-state index in [1.165, 1.54) is 18.4 Å². The van der Waals surface area contributed by atoms with Gasteiger partial charge in [-0.2, -0.15) is 0 Å². The van der Waals surface area contributed by atoms with E-state index in [0.717, 1.165) is 35.2 Å². The molecule has 0 N–H and O–H groups in total. The molecule has 1 aliphatic heterocycles. The standard InChI is InChI=1S/C14H17Br2NO/c15-9-14(3-4-18-13(14)11-1-2-11)6-10-5-12(16)8-17-7-10/h5,7-8,11,13H,1-4,6,9H2. The molecule has 2 unspecified atom stereocenters. The van der Waals surface area contributed by atoms with Gasteiger partial charge in [0.15, 0.2) is 0 Å². The van der Waals surface area contributed by atoms with Gasteiger partial charge in [0.25, 0.3) is 0 Å². The molecule has 0 bridgehead atoms. The van der Waals surface area contributed by atoms with E-state index in [4.69, 9.17) is 4.74 Å². The number of nitrogens with zero attached hydrogens (tertiary/aromatic N) is 1. The van der Waals surface area contributed by atoms with Gasteiger partial charge in [-0.1, -0.05) is 15.9 Å². The monoisotopic (exact) mass is 373 g/mol. The fourth-order valence-electron chi connectivity index (χ4n) is 3.08. The molecular formula is C14H17Br2NO. The Morgan fingerprint density at radius 3 is 2.89 bits per heavy atom. The molecule has 1 aliphatic carbocycles. The zero-order valence-electron chi connectivity index (χ0n) is 10.2. The molecule has 18 heavy (non-hydrogen) atoms. The van der Waals surface area contributed by atoms with Gasteiger partial charge in [0, 0.05) is 34.2 Å². The predicted molar refractivity (Wildman–Crippen MR) is 78.9 cm³/mol. The number of hydrogen-bond acceptors (Lipinski definition) is 2. The summed E-state index contributed by atoms with van der Waals surface area (Å²) in [6, 6.07) is 2.18. The van der Waals surface area contributed by atoms with Gasteiger partial charge in [-0.15, -0.1) is 0 Å². The first-order chi connectivity index (χ1) is 8.73. The number of rotatable bonds is 4. The molecule has 2 atom stereocenters. The average Bonchev–Trinajstić information content (AvgIpc) is 3.12. The number of hydrogen-bond donors (Lipinski definition) is 0. The molecule has 1 saturated heterocycles. The van der Waals surface area contributed by atoms with Gasteiger partial charge < -0.3 is 4.74 Å². The number of pyridine rings is 1. The third-order valence-corrected chi connectivity index (χ3v) is 5.69. The van der Waals surface area contributed by atoms with E-state index in [9.17, 15) is 0 Å². The molecule has 2 heterocycles. The third-order valence-electron chi connectivity index (χ3n) is 4.13. The van der Waals surface area contributed by atoms with Crippen molar-refractivity contribution in [3.8, 4) is 0 Å². The summed E-state index contributed by atoms with van der Waals surface area (Å²) in [6.45, 7) is 0.911. The second kappa shape index (κ2) is 5.22. The van der Waals surface area contributed by atoms with Crippen molar-refractivity contribution in [2.75, 3.05) is 11.9 Å². The van der Waals surface area contributed by atoms with E-state index in [1.54, 1.807) is 0 Å². The molecule has 98 valence electrons. The van der Waals surface area contributed by atoms with E-state index >= 15 is 0 Å². The lowest BCUT2D eigenvalue weighted by Crippen LogP contribution is -2.36. The van der Waals surface area contributed by atoms with Crippen molar-refractivity contribution in [3.05, 3.63) is 28.5 Å². The molecule has 0 radical (unpaired) electrons. The second-order valence-corrected chi connectivity index (χ2v) is 7.04. The lowest BCUT2D eigenvalue weighted by Gasteiger charge is -2.32. The van der Waals surface area contributed by atoms with Gasteiger partial charge in [-0.05, 0) is 59.2 Å². The Labute approximate surface area is 125 Å². The van der Waals surface area contributed by atoms with Gasteiger partial charge >= 0.3 is 0 Å². The zero-order chi connectivity index (χ0) is 12.6. The van der Waals surface area contributed by atoms with E-state index in [2.05, 4.69) is 42.9 Å². The summed E-state index contributed by atoms with van der Waals surface area (Å²) in [5, 5.41) is 1.02. The van der Waals surface area contributed by atoms with Gasteiger partial charge in [-0.25, -0.2) is 0 Å². The SMILES string of the molecule is BrCC1(Cc2cncc(Br)c2)CCOC1C1CC1. The fraction of sp³-hybridized carbons (Fsp3) is 0.643. The molecule has 4 heteroatoms. The van der Waals surface area contributed by atoms with Crippen LogP contribution in [-0.2, 0) is 11.2 Å². The van der Waals surface area contributed by atoms with Crippen molar-refractivity contribution in [1.82, 2.24) is 4.98 Å². The molecule has 2 fully saturated rings. The molecule has 3 rings (SSSR count). The van der Waals surface area contributed by atoms with Crippen molar-refractivity contribution < 1.29 is 4.74 Å². The second-order valence-electron chi connectivity index (χ2n) is 5.56. The van der Waals surface area contributed by atoms with Crippen LogP contribution in [0.1, 0.15) is 24.8 Å². The third kappa shape index (κ3) is 2.52. The number of alkyl halides is 1. The Bertz CT molecular complexity index is 436. The van der Waals surface area contributed by atoms with Crippen molar-refractivity contribution in [3.63, 3.8) is 0 Å². The number of aromatic nitrogens is 1. The molecule has 0 aromatic carbocycles. The van der Waals surface area contributed by atoms with E-state index in [1.807, 2.05) is 12.4 Å². The van der Waals surface area contributed by atoms with Crippen molar-refractivity contribution in [2.45, 2.75) is 31.8 Å². The minimum absolute atomic E-state index is 0.268. The highest BCUT2D eigenvalue weighted by Crippen LogP contribution is 2.50. The average molecular weight is 375 g/mol. The first-order valence-electron chi connectivity index (χ1n) is 6.50. The van der Waals surface area contributed by atoms with Crippen LogP contribution in [0.25, 0.3) is 0 Å². The highest BCUT2D eigenvalue weighted by Gasteiger charge is 2.50. The van der Waals surface area contributed by atoms with Crippen LogP contribution >= 0.6 is 31.9 Å². The maximum Gasteiger partial charge on any atom is 0.0671 e. The van der Waals surface area contributed by atoms with Gasteiger partial charge in [0.2, 0.25) is 0 Å². The molecular weight excluding hydrogens is 358 g/mol. The molecule has 0 amide bonds. The minimum atomic E-state index is 0.268. The summed E-state index contributed by atoms with van der Waals surface area (Å²) in [5.74, 6) is 0.796. The van der Waals surface area contributed by atoms with Crippen LogP contribution in [0.15, 0.2) is 22.9 Å². The highest BCUT2D eigenvalue weighted by atomic mass is 79.9. The molecule has 0 spiro atoms. The maximum atomic E-state index is 6.02. The normalized spacial score (nSPS) is 31.8. The number of ether oxygens (including phenoxy) is 1. The van der Waals surface area contributed by atoms with Gasteiger partial charge in [0.1, 0.15) is 0 Å². The van der Waals surface area contributed by atoms with Crippen LogP contribution in [0, 0.1) is 11.3 Å². The largest absolute Gasteiger partial charge is 0.377 e. The molecule has 1 saturated carbocycles.